The monoisotopic (exact) mass is 324 g/mol. The molecular weight excluding hydrogens is 300 g/mol. The molecule has 4 nitrogen and oxygen atoms in total. The second-order valence-electron chi connectivity index (χ2n) is 6.39. The molecular formula is C20H24N2O2. The Morgan fingerprint density at radius 2 is 1.75 bits per heavy atom. The Bertz CT molecular complexity index is 837. The highest BCUT2D eigenvalue weighted by Gasteiger charge is 2.13. The summed E-state index contributed by atoms with van der Waals surface area (Å²) in [6.45, 7) is 5.42. The Morgan fingerprint density at radius 1 is 1.00 bits per heavy atom. The molecule has 0 saturated carbocycles. The van der Waals surface area contributed by atoms with Crippen LogP contribution in [0.2, 0.25) is 0 Å². The molecule has 0 amide bonds. The van der Waals surface area contributed by atoms with Gasteiger partial charge in [0, 0.05) is 13.0 Å². The Morgan fingerprint density at radius 3 is 2.46 bits per heavy atom. The summed E-state index contributed by atoms with van der Waals surface area (Å²) in [6, 6.07) is 14.4. The Kier molecular flexibility index (Phi) is 4.74. The van der Waals surface area contributed by atoms with Crippen molar-refractivity contribution in [1.82, 2.24) is 9.55 Å². The molecule has 0 bridgehead atoms. The van der Waals surface area contributed by atoms with Crippen molar-refractivity contribution in [2.45, 2.75) is 26.8 Å². The van der Waals surface area contributed by atoms with Gasteiger partial charge in [-0.15, -0.1) is 0 Å². The molecule has 0 radical (unpaired) electrons. The number of rotatable bonds is 6. The maximum Gasteiger partial charge on any atom is 0.161 e. The fraction of sp³-hybridized carbons (Fsp3) is 0.350. The quantitative estimate of drug-likeness (QED) is 0.678. The molecule has 0 aliphatic carbocycles. The number of imidazole rings is 1. The molecule has 0 atom stereocenters. The number of hydrogen-bond acceptors (Lipinski definition) is 3. The van der Waals surface area contributed by atoms with Gasteiger partial charge in [0.25, 0.3) is 0 Å². The second-order valence-corrected chi connectivity index (χ2v) is 6.39. The van der Waals surface area contributed by atoms with Gasteiger partial charge in [0.05, 0.1) is 25.3 Å². The van der Waals surface area contributed by atoms with E-state index < -0.39 is 0 Å². The zero-order valence-corrected chi connectivity index (χ0v) is 14.7. The van der Waals surface area contributed by atoms with Gasteiger partial charge >= 0.3 is 0 Å². The third kappa shape index (κ3) is 3.23. The summed E-state index contributed by atoms with van der Waals surface area (Å²) in [7, 11) is 3.31. The van der Waals surface area contributed by atoms with Gasteiger partial charge < -0.3 is 14.0 Å². The van der Waals surface area contributed by atoms with Crippen LogP contribution in [0.15, 0.2) is 42.5 Å². The first-order chi connectivity index (χ1) is 11.6. The first-order valence-corrected chi connectivity index (χ1v) is 8.27. The lowest BCUT2D eigenvalue weighted by atomic mass is 10.1. The number of nitrogens with zero attached hydrogens (tertiary/aromatic N) is 2. The third-order valence-electron chi connectivity index (χ3n) is 4.09. The minimum atomic E-state index is 0.562. The van der Waals surface area contributed by atoms with Crippen LogP contribution in [-0.4, -0.2) is 23.8 Å². The molecule has 4 heteroatoms. The largest absolute Gasteiger partial charge is 0.493 e. The van der Waals surface area contributed by atoms with Gasteiger partial charge in [0.15, 0.2) is 11.5 Å². The fourth-order valence-electron chi connectivity index (χ4n) is 3.00. The van der Waals surface area contributed by atoms with Crippen molar-refractivity contribution in [2.75, 3.05) is 14.2 Å². The highest BCUT2D eigenvalue weighted by Crippen LogP contribution is 2.29. The molecule has 0 N–H and O–H groups in total. The smallest absolute Gasteiger partial charge is 0.161 e. The lowest BCUT2D eigenvalue weighted by Gasteiger charge is -2.13. The third-order valence-corrected chi connectivity index (χ3v) is 4.09. The van der Waals surface area contributed by atoms with Crippen LogP contribution in [0.1, 0.15) is 25.2 Å². The average molecular weight is 324 g/mol. The van der Waals surface area contributed by atoms with Crippen LogP contribution >= 0.6 is 0 Å². The predicted octanol–water partition coefficient (Wildman–Crippen LogP) is 4.30. The van der Waals surface area contributed by atoms with Gasteiger partial charge in [-0.2, -0.15) is 0 Å². The first-order valence-electron chi connectivity index (χ1n) is 8.27. The maximum atomic E-state index is 5.42. The second kappa shape index (κ2) is 6.95. The fourth-order valence-corrected chi connectivity index (χ4v) is 3.00. The predicted molar refractivity (Wildman–Crippen MR) is 96.9 cm³/mol. The number of fused-ring (bicyclic) bond motifs is 1. The molecule has 0 spiro atoms. The standard InChI is InChI=1S/C20H24N2O2/c1-14(2)13-22-17-8-6-5-7-16(17)21-20(22)12-15-9-10-18(23-3)19(11-15)24-4/h5-11,14H,12-13H2,1-4H3. The number of aromatic nitrogens is 2. The van der Waals surface area contributed by atoms with Crippen LogP contribution in [0, 0.1) is 5.92 Å². The van der Waals surface area contributed by atoms with Crippen molar-refractivity contribution in [3.8, 4) is 11.5 Å². The summed E-state index contributed by atoms with van der Waals surface area (Å²) in [4.78, 5) is 4.85. The minimum absolute atomic E-state index is 0.562. The molecule has 1 aromatic heterocycles. The van der Waals surface area contributed by atoms with Gasteiger partial charge in [-0.1, -0.05) is 32.0 Å². The van der Waals surface area contributed by atoms with E-state index in [2.05, 4.69) is 42.7 Å². The number of para-hydroxylation sites is 2. The molecule has 1 heterocycles. The molecule has 0 fully saturated rings. The van der Waals surface area contributed by atoms with Crippen LogP contribution in [0.5, 0.6) is 11.5 Å². The van der Waals surface area contributed by atoms with E-state index in [0.29, 0.717) is 5.92 Å². The lowest BCUT2D eigenvalue weighted by molar-refractivity contribution is 0.354. The molecule has 126 valence electrons. The van der Waals surface area contributed by atoms with Crippen LogP contribution in [-0.2, 0) is 13.0 Å². The van der Waals surface area contributed by atoms with Gasteiger partial charge in [-0.05, 0) is 35.7 Å². The molecule has 3 rings (SSSR count). The summed E-state index contributed by atoms with van der Waals surface area (Å²) in [5, 5.41) is 0. The number of methoxy groups -OCH3 is 2. The topological polar surface area (TPSA) is 36.3 Å². The highest BCUT2D eigenvalue weighted by atomic mass is 16.5. The van der Waals surface area contributed by atoms with E-state index in [4.69, 9.17) is 14.5 Å². The lowest BCUT2D eigenvalue weighted by Crippen LogP contribution is -2.09. The van der Waals surface area contributed by atoms with Crippen molar-refractivity contribution in [2.24, 2.45) is 5.92 Å². The van der Waals surface area contributed by atoms with Crippen molar-refractivity contribution in [3.05, 3.63) is 53.9 Å². The van der Waals surface area contributed by atoms with Crippen molar-refractivity contribution < 1.29 is 9.47 Å². The van der Waals surface area contributed by atoms with Gasteiger partial charge in [0.1, 0.15) is 5.82 Å². The molecule has 0 aliphatic rings. The molecule has 2 aromatic carbocycles. The van der Waals surface area contributed by atoms with E-state index in [-0.39, 0.29) is 0 Å². The highest BCUT2D eigenvalue weighted by molar-refractivity contribution is 5.76. The zero-order valence-electron chi connectivity index (χ0n) is 14.7. The van der Waals surface area contributed by atoms with Crippen LogP contribution in [0.3, 0.4) is 0 Å². The van der Waals surface area contributed by atoms with E-state index in [1.807, 2.05) is 18.2 Å². The molecule has 0 unspecified atom stereocenters. The summed E-state index contributed by atoms with van der Waals surface area (Å²) in [5.74, 6) is 3.14. The minimum Gasteiger partial charge on any atom is -0.493 e. The first kappa shape index (κ1) is 16.4. The zero-order chi connectivity index (χ0) is 17.1. The van der Waals surface area contributed by atoms with Gasteiger partial charge in [-0.25, -0.2) is 4.98 Å². The molecule has 3 aromatic rings. The number of ether oxygens (including phenoxy) is 2. The number of hydrogen-bond donors (Lipinski definition) is 0. The van der Waals surface area contributed by atoms with Crippen LogP contribution in [0.25, 0.3) is 11.0 Å². The van der Waals surface area contributed by atoms with Crippen molar-refractivity contribution >= 4 is 11.0 Å². The SMILES string of the molecule is COc1ccc(Cc2nc3ccccc3n2CC(C)C)cc1OC. The average Bonchev–Trinajstić information content (AvgIpc) is 2.91. The van der Waals surface area contributed by atoms with E-state index >= 15 is 0 Å². The summed E-state index contributed by atoms with van der Waals surface area (Å²) < 4.78 is 13.1. The maximum absolute atomic E-state index is 5.42. The van der Waals surface area contributed by atoms with Crippen LogP contribution in [0.4, 0.5) is 0 Å². The van der Waals surface area contributed by atoms with E-state index in [0.717, 1.165) is 41.4 Å². The van der Waals surface area contributed by atoms with E-state index in [1.165, 1.54) is 5.52 Å². The Hall–Kier alpha value is -2.49. The summed E-state index contributed by atoms with van der Waals surface area (Å²) in [6.07, 6.45) is 0.766. The number of benzene rings is 2. The normalized spacial score (nSPS) is 11.2. The van der Waals surface area contributed by atoms with E-state index in [1.54, 1.807) is 14.2 Å². The molecule has 0 aliphatic heterocycles. The van der Waals surface area contributed by atoms with Crippen molar-refractivity contribution in [3.63, 3.8) is 0 Å². The Balaban J connectivity index is 2.00. The van der Waals surface area contributed by atoms with Gasteiger partial charge in [-0.3, -0.25) is 0 Å². The molecule has 0 saturated heterocycles. The van der Waals surface area contributed by atoms with E-state index in [9.17, 15) is 0 Å². The van der Waals surface area contributed by atoms with Crippen molar-refractivity contribution in [1.29, 1.82) is 0 Å². The Labute approximate surface area is 143 Å². The summed E-state index contributed by atoms with van der Waals surface area (Å²) >= 11 is 0. The molecule has 24 heavy (non-hydrogen) atoms. The van der Waals surface area contributed by atoms with Gasteiger partial charge in [0.2, 0.25) is 0 Å². The summed E-state index contributed by atoms with van der Waals surface area (Å²) in [5.41, 5.74) is 3.41. The van der Waals surface area contributed by atoms with Crippen LogP contribution < -0.4 is 9.47 Å².